The average Bonchev–Trinajstić information content (AvgIpc) is 2.78. The molecule has 33 heavy (non-hydrogen) atoms. The summed E-state index contributed by atoms with van der Waals surface area (Å²) < 4.78 is 17.8. The summed E-state index contributed by atoms with van der Waals surface area (Å²) in [6, 6.07) is 14.5. The molecule has 2 aromatic carbocycles. The summed E-state index contributed by atoms with van der Waals surface area (Å²) in [4.78, 5) is 9.65. The van der Waals surface area contributed by atoms with E-state index in [1.165, 1.54) is 0 Å². The Morgan fingerprint density at radius 2 is 1.64 bits per heavy atom. The molecule has 3 rings (SSSR count). The first-order chi connectivity index (χ1) is 15.5. The molecule has 1 atom stereocenters. The second kappa shape index (κ2) is 9.82. The van der Waals surface area contributed by atoms with Crippen LogP contribution in [0, 0.1) is 17.7 Å². The van der Waals surface area contributed by atoms with E-state index in [0.29, 0.717) is 17.0 Å². The summed E-state index contributed by atoms with van der Waals surface area (Å²) >= 11 is -1.07. The van der Waals surface area contributed by atoms with Crippen LogP contribution in [-0.2, 0) is 21.5 Å². The number of nitrogens with two attached hydrogens (primary N) is 1. The van der Waals surface area contributed by atoms with E-state index >= 15 is 0 Å². The van der Waals surface area contributed by atoms with Crippen LogP contribution in [0.2, 0.25) is 0 Å². The van der Waals surface area contributed by atoms with Crippen molar-refractivity contribution in [2.45, 2.75) is 50.3 Å². The van der Waals surface area contributed by atoms with Gasteiger partial charge in [-0.3, -0.25) is 15.8 Å². The van der Waals surface area contributed by atoms with Crippen LogP contribution in [0.3, 0.4) is 0 Å². The van der Waals surface area contributed by atoms with E-state index in [1.54, 1.807) is 25.3 Å². The molecular weight excluding hydrogens is 434 g/mol. The fourth-order valence-electron chi connectivity index (χ4n) is 3.10. The van der Waals surface area contributed by atoms with Gasteiger partial charge in [0.05, 0.1) is 17.6 Å². The number of nitrogens with zero attached hydrogens (tertiary/aromatic N) is 2. The molecule has 1 heterocycles. The third-order valence-corrected chi connectivity index (χ3v) is 6.67. The smallest absolute Gasteiger partial charge is 0.241 e. The van der Waals surface area contributed by atoms with Crippen LogP contribution in [0.5, 0.6) is 0 Å². The number of aromatic nitrogens is 2. The molecule has 0 fully saturated rings. The highest BCUT2D eigenvalue weighted by Crippen LogP contribution is 2.23. The van der Waals surface area contributed by atoms with Gasteiger partial charge in [-0.1, -0.05) is 12.1 Å². The monoisotopic (exact) mass is 463 g/mol. The molecule has 8 heteroatoms. The lowest BCUT2D eigenvalue weighted by Crippen LogP contribution is -2.28. The van der Waals surface area contributed by atoms with Crippen molar-refractivity contribution in [3.8, 4) is 11.3 Å². The fraction of sp³-hybridized carbons (Fsp3) is 0.280. The average molecular weight is 464 g/mol. The van der Waals surface area contributed by atoms with Gasteiger partial charge in [0.15, 0.2) is 4.90 Å². The van der Waals surface area contributed by atoms with E-state index in [1.807, 2.05) is 64.1 Å². The van der Waals surface area contributed by atoms with Crippen LogP contribution in [-0.4, -0.2) is 31.6 Å². The molecule has 7 nitrogen and oxygen atoms in total. The van der Waals surface area contributed by atoms with Gasteiger partial charge < -0.3 is 15.0 Å². The minimum atomic E-state index is -1.07. The largest absolute Gasteiger partial charge is 0.611 e. The molecule has 1 aromatic heterocycles. The summed E-state index contributed by atoms with van der Waals surface area (Å²) in [5, 5.41) is 16.6. The standard InChI is InChI=1S/C25H29N5O2S/c1-15(2)33(31)20-12-8-17(9-13-20)21-14-29-16(3)22(30-21)24(27)32-23(26)18-6-10-19(11-7-18)25(4,5)28/h6-15,26-27H,28H2,1-5H3. The van der Waals surface area contributed by atoms with E-state index < -0.39 is 16.7 Å². The first-order valence-corrected chi connectivity index (χ1v) is 11.8. The van der Waals surface area contributed by atoms with Gasteiger partial charge in [-0.05, 0) is 87.8 Å². The van der Waals surface area contributed by atoms with Gasteiger partial charge in [0, 0.05) is 16.7 Å². The molecule has 172 valence electrons. The Hall–Kier alpha value is -3.07. The van der Waals surface area contributed by atoms with Crippen LogP contribution in [0.4, 0.5) is 0 Å². The first-order valence-electron chi connectivity index (χ1n) is 10.6. The lowest BCUT2D eigenvalue weighted by atomic mass is 9.95. The molecule has 0 bridgehead atoms. The minimum absolute atomic E-state index is 0.0348. The van der Waals surface area contributed by atoms with Crippen molar-refractivity contribution in [1.82, 2.24) is 9.97 Å². The predicted molar refractivity (Wildman–Crippen MR) is 132 cm³/mol. The second-order valence-corrected chi connectivity index (χ2v) is 10.6. The molecular formula is C25H29N5O2S. The lowest BCUT2D eigenvalue weighted by molar-refractivity contribution is 0.533. The van der Waals surface area contributed by atoms with Gasteiger partial charge in [0.25, 0.3) is 0 Å². The summed E-state index contributed by atoms with van der Waals surface area (Å²) in [5.74, 6) is -0.416. The number of aryl methyl sites for hydroxylation is 1. The quantitative estimate of drug-likeness (QED) is 0.281. The zero-order valence-corrected chi connectivity index (χ0v) is 20.3. The number of nitrogens with one attached hydrogen (secondary N) is 2. The van der Waals surface area contributed by atoms with Crippen LogP contribution in [0.25, 0.3) is 11.3 Å². The van der Waals surface area contributed by atoms with Gasteiger partial charge in [0.1, 0.15) is 10.9 Å². The van der Waals surface area contributed by atoms with Crippen LogP contribution in [0.15, 0.2) is 59.6 Å². The summed E-state index contributed by atoms with van der Waals surface area (Å²) in [6.45, 7) is 9.38. The van der Waals surface area contributed by atoms with Crippen LogP contribution >= 0.6 is 0 Å². The Morgan fingerprint density at radius 1 is 1.03 bits per heavy atom. The van der Waals surface area contributed by atoms with E-state index in [0.717, 1.165) is 16.0 Å². The second-order valence-electron chi connectivity index (χ2n) is 8.62. The Labute approximate surface area is 197 Å². The number of benzene rings is 2. The van der Waals surface area contributed by atoms with Crippen molar-refractivity contribution in [3.05, 3.63) is 77.2 Å². The number of ether oxygens (including phenoxy) is 1. The van der Waals surface area contributed by atoms with Crippen molar-refractivity contribution in [2.24, 2.45) is 5.73 Å². The third-order valence-electron chi connectivity index (χ3n) is 5.08. The maximum Gasteiger partial charge on any atom is 0.241 e. The van der Waals surface area contributed by atoms with Crippen molar-refractivity contribution in [3.63, 3.8) is 0 Å². The van der Waals surface area contributed by atoms with Crippen LogP contribution < -0.4 is 5.73 Å². The molecule has 0 aliphatic carbocycles. The predicted octanol–water partition coefficient (Wildman–Crippen LogP) is 4.53. The van der Waals surface area contributed by atoms with Gasteiger partial charge in [-0.2, -0.15) is 0 Å². The molecule has 0 amide bonds. The Balaban J connectivity index is 1.79. The number of hydrogen-bond acceptors (Lipinski definition) is 7. The Kier molecular flexibility index (Phi) is 7.31. The topological polar surface area (TPSA) is 132 Å². The van der Waals surface area contributed by atoms with E-state index in [2.05, 4.69) is 9.97 Å². The van der Waals surface area contributed by atoms with Crippen molar-refractivity contribution in [2.75, 3.05) is 0 Å². The molecule has 0 saturated heterocycles. The minimum Gasteiger partial charge on any atom is -0.611 e. The highest BCUT2D eigenvalue weighted by atomic mass is 32.2. The summed E-state index contributed by atoms with van der Waals surface area (Å²) in [5.41, 5.74) is 9.22. The summed E-state index contributed by atoms with van der Waals surface area (Å²) in [6.07, 6.45) is 1.62. The molecule has 3 aromatic rings. The van der Waals surface area contributed by atoms with Gasteiger partial charge in [-0.25, -0.2) is 4.98 Å². The fourth-order valence-corrected chi connectivity index (χ4v) is 4.04. The molecule has 0 aliphatic heterocycles. The zero-order valence-electron chi connectivity index (χ0n) is 19.5. The number of rotatable bonds is 6. The van der Waals surface area contributed by atoms with Crippen molar-refractivity contribution in [1.29, 1.82) is 10.8 Å². The Morgan fingerprint density at radius 3 is 2.18 bits per heavy atom. The highest BCUT2D eigenvalue weighted by Gasteiger charge is 2.18. The van der Waals surface area contributed by atoms with Gasteiger partial charge in [0.2, 0.25) is 11.8 Å². The molecule has 0 saturated carbocycles. The van der Waals surface area contributed by atoms with E-state index in [4.69, 9.17) is 21.3 Å². The first kappa shape index (κ1) is 24.6. The van der Waals surface area contributed by atoms with Crippen molar-refractivity contribution >= 4 is 23.0 Å². The lowest BCUT2D eigenvalue weighted by Gasteiger charge is -2.19. The molecule has 4 N–H and O–H groups in total. The highest BCUT2D eigenvalue weighted by molar-refractivity contribution is 7.92. The molecule has 0 aliphatic rings. The molecule has 0 radical (unpaired) electrons. The zero-order chi connectivity index (χ0) is 24.3. The van der Waals surface area contributed by atoms with Gasteiger partial charge in [-0.15, -0.1) is 0 Å². The number of hydrogen-bond donors (Lipinski definition) is 3. The van der Waals surface area contributed by atoms with Crippen LogP contribution in [0.1, 0.15) is 50.2 Å². The maximum atomic E-state index is 12.3. The Bertz CT molecular complexity index is 1150. The normalized spacial score (nSPS) is 12.5. The van der Waals surface area contributed by atoms with Crippen molar-refractivity contribution < 1.29 is 9.29 Å². The summed E-state index contributed by atoms with van der Waals surface area (Å²) in [7, 11) is 0. The SMILES string of the molecule is Cc1ncc(-c2ccc([S+]([O-])C(C)C)cc2)nc1C(=N)OC(=N)c1ccc(C(C)(C)N)cc1. The van der Waals surface area contributed by atoms with E-state index in [-0.39, 0.29) is 22.7 Å². The van der Waals surface area contributed by atoms with Gasteiger partial charge >= 0.3 is 0 Å². The molecule has 1 unspecified atom stereocenters. The van der Waals surface area contributed by atoms with E-state index in [9.17, 15) is 4.55 Å². The third kappa shape index (κ3) is 5.84. The molecule has 0 spiro atoms. The maximum absolute atomic E-state index is 12.3.